The summed E-state index contributed by atoms with van der Waals surface area (Å²) in [5, 5.41) is 6.66. The van der Waals surface area contributed by atoms with Crippen molar-refractivity contribution in [2.24, 2.45) is 5.10 Å². The molecule has 0 saturated carbocycles. The van der Waals surface area contributed by atoms with Crippen LogP contribution in [-0.2, 0) is 32.7 Å². The topological polar surface area (TPSA) is 121 Å². The van der Waals surface area contributed by atoms with Crippen LogP contribution < -0.4 is 10.7 Å². The van der Waals surface area contributed by atoms with Gasteiger partial charge in [0.05, 0.1) is 17.7 Å². The molecule has 11 heteroatoms. The zero-order valence-corrected chi connectivity index (χ0v) is 22.4. The first-order chi connectivity index (χ1) is 18.7. The van der Waals surface area contributed by atoms with Gasteiger partial charge in [0, 0.05) is 17.3 Å². The van der Waals surface area contributed by atoms with Gasteiger partial charge in [-0.1, -0.05) is 59.6 Å². The van der Waals surface area contributed by atoms with Crippen molar-refractivity contribution in [3.8, 4) is 0 Å². The smallest absolute Gasteiger partial charge is 0.329 e. The molecule has 0 bridgehead atoms. The molecule has 0 aliphatic carbocycles. The molecule has 0 aliphatic rings. The van der Waals surface area contributed by atoms with Crippen LogP contribution in [0.2, 0.25) is 5.02 Å². The first kappa shape index (κ1) is 27.8. The molecule has 4 aromatic rings. The Bertz CT molecular complexity index is 1570. The molecule has 0 spiro atoms. The Labute approximate surface area is 231 Å². The molecule has 0 fully saturated rings. The Hall–Kier alpha value is -4.25. The second-order valence-electron chi connectivity index (χ2n) is 8.54. The van der Waals surface area contributed by atoms with Gasteiger partial charge in [-0.3, -0.25) is 9.59 Å². The van der Waals surface area contributed by atoms with Crippen molar-refractivity contribution in [2.75, 3.05) is 5.32 Å². The minimum atomic E-state index is -3.89. The summed E-state index contributed by atoms with van der Waals surface area (Å²) in [6.45, 7) is 1.97. The molecule has 0 radical (unpaired) electrons. The van der Waals surface area contributed by atoms with E-state index in [0.29, 0.717) is 16.5 Å². The number of furan rings is 1. The van der Waals surface area contributed by atoms with Crippen molar-refractivity contribution in [1.82, 2.24) is 9.73 Å². The second-order valence-corrected chi connectivity index (χ2v) is 10.9. The van der Waals surface area contributed by atoms with Gasteiger partial charge in [-0.25, -0.2) is 13.8 Å². The number of hydrogen-bond acceptors (Lipinski definition) is 6. The van der Waals surface area contributed by atoms with Crippen molar-refractivity contribution in [2.45, 2.75) is 24.9 Å². The number of benzene rings is 3. The van der Waals surface area contributed by atoms with Crippen LogP contribution in [0.1, 0.15) is 22.6 Å². The lowest BCUT2D eigenvalue weighted by Gasteiger charge is -2.21. The molecule has 39 heavy (non-hydrogen) atoms. The third kappa shape index (κ3) is 7.64. The van der Waals surface area contributed by atoms with Crippen LogP contribution in [0.15, 0.2) is 105 Å². The Morgan fingerprint density at radius 2 is 1.59 bits per heavy atom. The van der Waals surface area contributed by atoms with Gasteiger partial charge in [0.1, 0.15) is 11.5 Å². The quantitative estimate of drug-likeness (QED) is 0.173. The standard InChI is InChI=1S/C28H25ClN4O5S/c1-20-7-11-23(12-8-20)31-27(34)28(35)32-30-17-24-13-14-25(38-24)19-33(18-21-5-3-2-4-6-21)39(36,37)26-15-9-22(29)10-16-26/h2-17H,18-19H2,1H3,(H,31,34)(H,32,35)/b30-17+. The number of aryl methyl sites for hydroxylation is 1. The molecule has 0 saturated heterocycles. The summed E-state index contributed by atoms with van der Waals surface area (Å²) in [7, 11) is -3.89. The summed E-state index contributed by atoms with van der Waals surface area (Å²) in [6, 6.07) is 25.3. The zero-order valence-electron chi connectivity index (χ0n) is 20.9. The third-order valence-corrected chi connectivity index (χ3v) is 7.60. The van der Waals surface area contributed by atoms with Crippen LogP contribution in [0.4, 0.5) is 5.69 Å². The molecule has 0 unspecified atom stereocenters. The maximum Gasteiger partial charge on any atom is 0.329 e. The number of hydrogen-bond donors (Lipinski definition) is 2. The minimum Gasteiger partial charge on any atom is -0.459 e. The van der Waals surface area contributed by atoms with Crippen molar-refractivity contribution in [1.29, 1.82) is 0 Å². The molecule has 1 aromatic heterocycles. The summed E-state index contributed by atoms with van der Waals surface area (Å²) in [4.78, 5) is 24.2. The number of hydrazone groups is 1. The highest BCUT2D eigenvalue weighted by Crippen LogP contribution is 2.23. The molecule has 3 aromatic carbocycles. The summed E-state index contributed by atoms with van der Waals surface area (Å²) in [5.41, 5.74) is 4.44. The van der Waals surface area contributed by atoms with E-state index in [4.69, 9.17) is 16.0 Å². The van der Waals surface area contributed by atoms with E-state index in [1.807, 2.05) is 49.4 Å². The van der Waals surface area contributed by atoms with Gasteiger partial charge in [-0.15, -0.1) is 0 Å². The number of sulfonamides is 1. The molecule has 0 aliphatic heterocycles. The fraction of sp³-hybridized carbons (Fsp3) is 0.107. The van der Waals surface area contributed by atoms with Crippen LogP contribution >= 0.6 is 11.6 Å². The molecule has 1 heterocycles. The van der Waals surface area contributed by atoms with E-state index in [0.717, 1.165) is 11.1 Å². The highest BCUT2D eigenvalue weighted by atomic mass is 35.5. The predicted molar refractivity (Wildman–Crippen MR) is 149 cm³/mol. The van der Waals surface area contributed by atoms with Gasteiger partial charge < -0.3 is 9.73 Å². The van der Waals surface area contributed by atoms with Gasteiger partial charge in [-0.2, -0.15) is 9.41 Å². The lowest BCUT2D eigenvalue weighted by atomic mass is 10.2. The van der Waals surface area contributed by atoms with Crippen LogP contribution in [0, 0.1) is 6.92 Å². The highest BCUT2D eigenvalue weighted by molar-refractivity contribution is 7.89. The second kappa shape index (κ2) is 12.5. The number of nitrogens with zero attached hydrogens (tertiary/aromatic N) is 2. The van der Waals surface area contributed by atoms with E-state index in [1.165, 1.54) is 34.8 Å². The fourth-order valence-corrected chi connectivity index (χ4v) is 5.04. The van der Waals surface area contributed by atoms with E-state index in [1.54, 1.807) is 24.3 Å². The van der Waals surface area contributed by atoms with Crippen LogP contribution in [0.5, 0.6) is 0 Å². The number of amides is 2. The number of rotatable bonds is 9. The summed E-state index contributed by atoms with van der Waals surface area (Å²) < 4.78 is 33.9. The Kier molecular flexibility index (Phi) is 8.92. The number of carbonyl (C=O) groups excluding carboxylic acids is 2. The monoisotopic (exact) mass is 564 g/mol. The minimum absolute atomic E-state index is 0.0565. The first-order valence-electron chi connectivity index (χ1n) is 11.8. The Morgan fingerprint density at radius 3 is 2.28 bits per heavy atom. The fourth-order valence-electron chi connectivity index (χ4n) is 3.52. The normalized spacial score (nSPS) is 11.6. The SMILES string of the molecule is Cc1ccc(NC(=O)C(=O)N/N=C/c2ccc(CN(Cc3ccccc3)S(=O)(=O)c3ccc(Cl)cc3)o2)cc1. The number of nitrogens with one attached hydrogen (secondary N) is 2. The largest absolute Gasteiger partial charge is 0.459 e. The average molecular weight is 565 g/mol. The van der Waals surface area contributed by atoms with Crippen molar-refractivity contribution >= 4 is 45.3 Å². The zero-order chi connectivity index (χ0) is 27.8. The summed E-state index contributed by atoms with van der Waals surface area (Å²) >= 11 is 5.94. The molecular formula is C28H25ClN4O5S. The molecule has 4 rings (SSSR count). The van der Waals surface area contributed by atoms with Gasteiger partial charge in [-0.05, 0) is 61.0 Å². The maximum atomic E-state index is 13.4. The van der Waals surface area contributed by atoms with E-state index in [-0.39, 0.29) is 23.7 Å². The van der Waals surface area contributed by atoms with Crippen LogP contribution in [0.25, 0.3) is 0 Å². The molecule has 200 valence electrons. The third-order valence-electron chi connectivity index (χ3n) is 5.54. The van der Waals surface area contributed by atoms with Gasteiger partial charge in [0.25, 0.3) is 0 Å². The van der Waals surface area contributed by atoms with E-state index in [9.17, 15) is 18.0 Å². The van der Waals surface area contributed by atoms with E-state index >= 15 is 0 Å². The van der Waals surface area contributed by atoms with E-state index in [2.05, 4.69) is 15.8 Å². The lowest BCUT2D eigenvalue weighted by molar-refractivity contribution is -0.136. The molecule has 2 N–H and O–H groups in total. The lowest BCUT2D eigenvalue weighted by Crippen LogP contribution is -2.32. The van der Waals surface area contributed by atoms with Crippen molar-refractivity contribution < 1.29 is 22.4 Å². The number of anilines is 1. The summed E-state index contributed by atoms with van der Waals surface area (Å²) in [5.74, 6) is -1.22. The van der Waals surface area contributed by atoms with Crippen molar-refractivity contribution in [3.63, 3.8) is 0 Å². The van der Waals surface area contributed by atoms with Gasteiger partial charge >= 0.3 is 11.8 Å². The summed E-state index contributed by atoms with van der Waals surface area (Å²) in [6.07, 6.45) is 1.22. The van der Waals surface area contributed by atoms with Gasteiger partial charge in [0.2, 0.25) is 10.0 Å². The molecular weight excluding hydrogens is 540 g/mol. The molecule has 0 atom stereocenters. The Morgan fingerprint density at radius 1 is 0.897 bits per heavy atom. The Balaban J connectivity index is 1.42. The van der Waals surface area contributed by atoms with Crippen LogP contribution in [-0.4, -0.2) is 30.8 Å². The molecule has 9 nitrogen and oxygen atoms in total. The highest BCUT2D eigenvalue weighted by Gasteiger charge is 2.26. The first-order valence-corrected chi connectivity index (χ1v) is 13.6. The number of halogens is 1. The van der Waals surface area contributed by atoms with Crippen molar-refractivity contribution in [3.05, 3.63) is 119 Å². The van der Waals surface area contributed by atoms with E-state index < -0.39 is 21.8 Å². The number of carbonyl (C=O) groups is 2. The van der Waals surface area contributed by atoms with Crippen LogP contribution in [0.3, 0.4) is 0 Å². The van der Waals surface area contributed by atoms with Gasteiger partial charge in [0.15, 0.2) is 0 Å². The average Bonchev–Trinajstić information content (AvgIpc) is 3.37. The predicted octanol–water partition coefficient (Wildman–Crippen LogP) is 4.72. The maximum absolute atomic E-state index is 13.4. The molecule has 2 amide bonds.